The minimum atomic E-state index is -4.67. The highest BCUT2D eigenvalue weighted by Gasteiger charge is 2.30. The number of nitrogens with one attached hydrogen (secondary N) is 2. The lowest BCUT2D eigenvalue weighted by Gasteiger charge is -2.12. The van der Waals surface area contributed by atoms with Gasteiger partial charge in [0.25, 0.3) is 0 Å². The van der Waals surface area contributed by atoms with E-state index >= 15 is 0 Å². The smallest absolute Gasteiger partial charge is 0.406 e. The number of aliphatic imine (C=N–C) groups is 1. The molecule has 1 heterocycles. The minimum absolute atomic E-state index is 0.219. The summed E-state index contributed by atoms with van der Waals surface area (Å²) >= 11 is 1.63. The summed E-state index contributed by atoms with van der Waals surface area (Å²) < 4.78 is 40.4. The van der Waals surface area contributed by atoms with Crippen LogP contribution >= 0.6 is 11.3 Å². The number of hydrogen-bond donors (Lipinski definition) is 2. The van der Waals surface area contributed by atoms with Crippen molar-refractivity contribution in [1.82, 2.24) is 15.6 Å². The molecule has 0 radical (unpaired) electrons. The van der Waals surface area contributed by atoms with E-state index in [2.05, 4.69) is 25.3 Å². The van der Waals surface area contributed by atoms with Crippen LogP contribution in [0, 0.1) is 13.8 Å². The Morgan fingerprint density at radius 2 is 1.89 bits per heavy atom. The zero-order chi connectivity index (χ0) is 19.9. The molecule has 2 rings (SSSR count). The molecule has 9 heteroatoms. The van der Waals surface area contributed by atoms with Gasteiger partial charge < -0.3 is 15.4 Å². The molecular formula is C18H23F3N4OS. The number of benzene rings is 1. The lowest BCUT2D eigenvalue weighted by Crippen LogP contribution is -2.38. The third-order valence-corrected chi connectivity index (χ3v) is 4.71. The van der Waals surface area contributed by atoms with E-state index in [0.717, 1.165) is 22.8 Å². The first-order chi connectivity index (χ1) is 12.8. The third-order valence-electron chi connectivity index (χ3n) is 3.65. The number of ether oxygens (including phenoxy) is 1. The van der Waals surface area contributed by atoms with Gasteiger partial charge in [0, 0.05) is 18.0 Å². The maximum Gasteiger partial charge on any atom is 0.573 e. The average Bonchev–Trinajstić information content (AvgIpc) is 2.91. The molecule has 148 valence electrons. The second-order valence-corrected chi connectivity index (χ2v) is 7.10. The number of guanidine groups is 1. The Morgan fingerprint density at radius 1 is 1.19 bits per heavy atom. The van der Waals surface area contributed by atoms with Crippen molar-refractivity contribution < 1.29 is 17.9 Å². The van der Waals surface area contributed by atoms with Gasteiger partial charge in [-0.05, 0) is 44.9 Å². The van der Waals surface area contributed by atoms with Crippen molar-refractivity contribution in [2.24, 2.45) is 4.99 Å². The molecule has 0 saturated heterocycles. The Bertz CT molecular complexity index is 737. The minimum Gasteiger partial charge on any atom is -0.406 e. The fraction of sp³-hybridized carbons (Fsp3) is 0.444. The van der Waals surface area contributed by atoms with Crippen LogP contribution in [0.4, 0.5) is 13.2 Å². The predicted octanol–water partition coefficient (Wildman–Crippen LogP) is 3.96. The number of halogens is 3. The topological polar surface area (TPSA) is 58.5 Å². The van der Waals surface area contributed by atoms with Crippen LogP contribution in [0.15, 0.2) is 29.3 Å². The Labute approximate surface area is 160 Å². The van der Waals surface area contributed by atoms with E-state index in [0.29, 0.717) is 25.5 Å². The van der Waals surface area contributed by atoms with Crippen LogP contribution in [0.2, 0.25) is 0 Å². The van der Waals surface area contributed by atoms with Crippen molar-refractivity contribution >= 4 is 17.3 Å². The van der Waals surface area contributed by atoms with Crippen LogP contribution in [0.5, 0.6) is 5.75 Å². The highest BCUT2D eigenvalue weighted by molar-refractivity contribution is 7.11. The van der Waals surface area contributed by atoms with Gasteiger partial charge in [-0.3, -0.25) is 0 Å². The quantitative estimate of drug-likeness (QED) is 0.546. The normalized spacial score (nSPS) is 12.1. The standard InChI is InChI=1S/C18H23F3N4OS/c1-4-22-17(24-11-16-25-12(2)13(3)27-16)23-10-9-14-5-7-15(8-6-14)26-18(19,20)21/h5-8H,4,9-11H2,1-3H3,(H2,22,23,24). The highest BCUT2D eigenvalue weighted by atomic mass is 32.1. The lowest BCUT2D eigenvalue weighted by atomic mass is 10.1. The maximum atomic E-state index is 12.2. The summed E-state index contributed by atoms with van der Waals surface area (Å²) in [5.41, 5.74) is 1.93. The molecular weight excluding hydrogens is 377 g/mol. The van der Waals surface area contributed by atoms with E-state index in [1.807, 2.05) is 20.8 Å². The van der Waals surface area contributed by atoms with Gasteiger partial charge in [0.2, 0.25) is 0 Å². The largest absolute Gasteiger partial charge is 0.573 e. The molecule has 27 heavy (non-hydrogen) atoms. The number of alkyl halides is 3. The van der Waals surface area contributed by atoms with Crippen LogP contribution in [0.1, 0.15) is 28.1 Å². The summed E-state index contributed by atoms with van der Waals surface area (Å²) in [7, 11) is 0. The van der Waals surface area contributed by atoms with E-state index in [9.17, 15) is 13.2 Å². The number of aromatic nitrogens is 1. The van der Waals surface area contributed by atoms with Gasteiger partial charge in [0.1, 0.15) is 10.8 Å². The number of rotatable bonds is 7. The summed E-state index contributed by atoms with van der Waals surface area (Å²) in [5.74, 6) is 0.461. The number of nitrogens with zero attached hydrogens (tertiary/aromatic N) is 2. The zero-order valence-electron chi connectivity index (χ0n) is 15.5. The van der Waals surface area contributed by atoms with E-state index in [-0.39, 0.29) is 5.75 Å². The fourth-order valence-corrected chi connectivity index (χ4v) is 3.14. The van der Waals surface area contributed by atoms with Gasteiger partial charge in [-0.2, -0.15) is 0 Å². The van der Waals surface area contributed by atoms with E-state index in [1.54, 1.807) is 23.5 Å². The molecule has 0 aliphatic heterocycles. The molecule has 0 fully saturated rings. The monoisotopic (exact) mass is 400 g/mol. The first-order valence-electron chi connectivity index (χ1n) is 8.56. The summed E-state index contributed by atoms with van der Waals surface area (Å²) in [6, 6.07) is 5.87. The second kappa shape index (κ2) is 9.59. The fourth-order valence-electron chi connectivity index (χ4n) is 2.28. The van der Waals surface area contributed by atoms with Crippen molar-refractivity contribution in [3.8, 4) is 5.75 Å². The van der Waals surface area contributed by atoms with Crippen molar-refractivity contribution in [3.05, 3.63) is 45.4 Å². The van der Waals surface area contributed by atoms with Crippen molar-refractivity contribution in [2.75, 3.05) is 13.1 Å². The molecule has 1 aromatic carbocycles. The molecule has 0 aliphatic carbocycles. The lowest BCUT2D eigenvalue weighted by molar-refractivity contribution is -0.274. The average molecular weight is 400 g/mol. The predicted molar refractivity (Wildman–Crippen MR) is 101 cm³/mol. The zero-order valence-corrected chi connectivity index (χ0v) is 16.3. The van der Waals surface area contributed by atoms with E-state index < -0.39 is 6.36 Å². The van der Waals surface area contributed by atoms with Gasteiger partial charge in [0.05, 0.1) is 12.2 Å². The summed E-state index contributed by atoms with van der Waals surface area (Å²) in [6.45, 7) is 7.82. The van der Waals surface area contributed by atoms with Crippen molar-refractivity contribution in [2.45, 2.75) is 40.1 Å². The molecule has 0 amide bonds. The Kier molecular flexibility index (Phi) is 7.46. The van der Waals surface area contributed by atoms with Gasteiger partial charge in [-0.1, -0.05) is 12.1 Å². The first kappa shape index (κ1) is 21.0. The Hall–Kier alpha value is -2.29. The molecule has 0 unspecified atom stereocenters. The number of hydrogen-bond acceptors (Lipinski definition) is 4. The molecule has 5 nitrogen and oxygen atoms in total. The molecule has 0 bridgehead atoms. The SMILES string of the molecule is CCNC(=NCc1nc(C)c(C)s1)NCCc1ccc(OC(F)(F)F)cc1. The molecule has 0 spiro atoms. The molecule has 0 atom stereocenters. The molecule has 0 aliphatic rings. The van der Waals surface area contributed by atoms with Gasteiger partial charge in [-0.25, -0.2) is 9.98 Å². The molecule has 0 saturated carbocycles. The second-order valence-electron chi connectivity index (χ2n) is 5.81. The van der Waals surface area contributed by atoms with Crippen LogP contribution in [-0.2, 0) is 13.0 Å². The highest BCUT2D eigenvalue weighted by Crippen LogP contribution is 2.22. The van der Waals surface area contributed by atoms with Crippen molar-refractivity contribution in [1.29, 1.82) is 0 Å². The Balaban J connectivity index is 1.85. The van der Waals surface area contributed by atoms with Gasteiger partial charge in [-0.15, -0.1) is 24.5 Å². The third kappa shape index (κ3) is 7.46. The van der Waals surface area contributed by atoms with Crippen LogP contribution in [0.25, 0.3) is 0 Å². The van der Waals surface area contributed by atoms with Crippen LogP contribution in [-0.4, -0.2) is 30.4 Å². The molecule has 2 aromatic rings. The van der Waals surface area contributed by atoms with Crippen LogP contribution in [0.3, 0.4) is 0 Å². The van der Waals surface area contributed by atoms with E-state index in [4.69, 9.17) is 0 Å². The number of thiazole rings is 1. The van der Waals surface area contributed by atoms with Crippen LogP contribution < -0.4 is 15.4 Å². The maximum absolute atomic E-state index is 12.2. The summed E-state index contributed by atoms with van der Waals surface area (Å²) in [4.78, 5) is 10.2. The van der Waals surface area contributed by atoms with Gasteiger partial charge >= 0.3 is 6.36 Å². The first-order valence-corrected chi connectivity index (χ1v) is 9.38. The molecule has 1 aromatic heterocycles. The summed E-state index contributed by atoms with van der Waals surface area (Å²) in [6.07, 6.45) is -4.03. The van der Waals surface area contributed by atoms with Crippen molar-refractivity contribution in [3.63, 3.8) is 0 Å². The van der Waals surface area contributed by atoms with E-state index in [1.165, 1.54) is 17.0 Å². The van der Waals surface area contributed by atoms with Gasteiger partial charge in [0.15, 0.2) is 5.96 Å². The summed E-state index contributed by atoms with van der Waals surface area (Å²) in [5, 5.41) is 7.34. The molecule has 2 N–H and O–H groups in total. The number of aryl methyl sites for hydroxylation is 2. The Morgan fingerprint density at radius 3 is 2.44 bits per heavy atom.